The topological polar surface area (TPSA) is 83.1 Å². The molecule has 6 nitrogen and oxygen atoms in total. The number of benzene rings is 3. The molecule has 0 atom stereocenters. The van der Waals surface area contributed by atoms with Gasteiger partial charge >= 0.3 is 0 Å². The smallest absolute Gasteiger partial charge is 0.255 e. The summed E-state index contributed by atoms with van der Waals surface area (Å²) < 4.78 is 26.6. The zero-order valence-electron chi connectivity index (χ0n) is 19.4. The van der Waals surface area contributed by atoms with Crippen LogP contribution in [-0.4, -0.2) is 16.8 Å². The molecule has 1 aliphatic heterocycles. The van der Waals surface area contributed by atoms with Crippen molar-refractivity contribution in [2.24, 2.45) is 0 Å². The minimum absolute atomic E-state index is 0.0364. The van der Waals surface area contributed by atoms with Gasteiger partial charge in [0.2, 0.25) is 0 Å². The van der Waals surface area contributed by atoms with Crippen molar-refractivity contribution in [2.75, 3.05) is 5.32 Å². The summed E-state index contributed by atoms with van der Waals surface area (Å²) in [5.74, 6) is -2.01. The second kappa shape index (κ2) is 9.58. The minimum Gasteiger partial charge on any atom is -0.348 e. The highest BCUT2D eigenvalue weighted by Crippen LogP contribution is 2.31. The van der Waals surface area contributed by atoms with E-state index in [0.29, 0.717) is 29.1 Å². The van der Waals surface area contributed by atoms with Crippen LogP contribution in [0, 0.1) is 18.6 Å². The molecule has 0 bridgehead atoms. The van der Waals surface area contributed by atoms with Crippen molar-refractivity contribution in [3.63, 3.8) is 0 Å². The Balaban J connectivity index is 1.36. The van der Waals surface area contributed by atoms with Crippen molar-refractivity contribution in [1.29, 1.82) is 0 Å². The molecule has 180 valence electrons. The number of hydrogen-bond acceptors (Lipinski definition) is 4. The first-order valence-electron chi connectivity index (χ1n) is 11.4. The third kappa shape index (κ3) is 4.65. The van der Waals surface area contributed by atoms with Gasteiger partial charge in [0.25, 0.3) is 11.8 Å². The van der Waals surface area contributed by atoms with Gasteiger partial charge in [-0.3, -0.25) is 9.59 Å². The van der Waals surface area contributed by atoms with E-state index in [2.05, 4.69) is 20.9 Å². The summed E-state index contributed by atoms with van der Waals surface area (Å²) in [4.78, 5) is 29.1. The molecule has 2 amide bonds. The van der Waals surface area contributed by atoms with Crippen molar-refractivity contribution in [2.45, 2.75) is 20.0 Å². The number of rotatable bonds is 6. The highest BCUT2D eigenvalue weighted by molar-refractivity contribution is 6.00. The number of anilines is 2. The maximum absolute atomic E-state index is 13.5. The number of pyridine rings is 1. The van der Waals surface area contributed by atoms with Crippen LogP contribution < -0.4 is 16.0 Å². The Kier molecular flexibility index (Phi) is 6.16. The molecule has 1 aliphatic rings. The molecule has 0 unspecified atom stereocenters. The van der Waals surface area contributed by atoms with Crippen molar-refractivity contribution in [1.82, 2.24) is 15.6 Å². The van der Waals surface area contributed by atoms with Gasteiger partial charge in [-0.2, -0.15) is 0 Å². The SMILES string of the molecule is Cc1ccc(Nc2ncccc2C(=O)NCc2ccc(F)c(F)c2)cc1-c1ccc2c(c1)CNC2=O. The van der Waals surface area contributed by atoms with Crippen LogP contribution in [0.2, 0.25) is 0 Å². The van der Waals surface area contributed by atoms with Crippen molar-refractivity contribution < 1.29 is 18.4 Å². The van der Waals surface area contributed by atoms with Crippen LogP contribution in [0.15, 0.2) is 72.9 Å². The van der Waals surface area contributed by atoms with Crippen LogP contribution >= 0.6 is 0 Å². The minimum atomic E-state index is -0.966. The average Bonchev–Trinajstić information content (AvgIpc) is 3.26. The quantitative estimate of drug-likeness (QED) is 0.349. The second-order valence-electron chi connectivity index (χ2n) is 8.54. The van der Waals surface area contributed by atoms with Crippen LogP contribution in [0.1, 0.15) is 37.4 Å². The van der Waals surface area contributed by atoms with E-state index in [4.69, 9.17) is 0 Å². The zero-order chi connectivity index (χ0) is 25.2. The predicted molar refractivity (Wildman–Crippen MR) is 133 cm³/mol. The average molecular weight is 485 g/mol. The lowest BCUT2D eigenvalue weighted by molar-refractivity contribution is 0.0947. The van der Waals surface area contributed by atoms with E-state index in [1.807, 2.05) is 43.3 Å². The van der Waals surface area contributed by atoms with Crippen LogP contribution in [0.3, 0.4) is 0 Å². The lowest BCUT2D eigenvalue weighted by Gasteiger charge is -2.14. The molecule has 3 aromatic carbocycles. The molecule has 0 spiro atoms. The number of carbonyl (C=O) groups is 2. The lowest BCUT2D eigenvalue weighted by Crippen LogP contribution is -2.24. The normalized spacial score (nSPS) is 12.1. The Morgan fingerprint density at radius 2 is 1.86 bits per heavy atom. The molecule has 0 fully saturated rings. The molecule has 2 heterocycles. The number of nitrogens with zero attached hydrogens (tertiary/aromatic N) is 1. The Hall–Kier alpha value is -4.59. The molecule has 3 N–H and O–H groups in total. The number of halogens is 2. The van der Waals surface area contributed by atoms with Gasteiger partial charge in [-0.25, -0.2) is 13.8 Å². The molecule has 0 saturated carbocycles. The van der Waals surface area contributed by atoms with Crippen LogP contribution in [0.25, 0.3) is 11.1 Å². The van der Waals surface area contributed by atoms with E-state index < -0.39 is 17.5 Å². The molecule has 4 aromatic rings. The number of fused-ring (bicyclic) bond motifs is 1. The van der Waals surface area contributed by atoms with Crippen molar-refractivity contribution in [3.05, 3.63) is 112 Å². The number of aryl methyl sites for hydroxylation is 1. The Labute approximate surface area is 206 Å². The first-order chi connectivity index (χ1) is 17.4. The molecule has 36 heavy (non-hydrogen) atoms. The van der Waals surface area contributed by atoms with Gasteiger partial charge in [0.15, 0.2) is 11.6 Å². The summed E-state index contributed by atoms with van der Waals surface area (Å²) in [6, 6.07) is 18.4. The van der Waals surface area contributed by atoms with Gasteiger partial charge in [0, 0.05) is 30.5 Å². The number of nitrogens with one attached hydrogen (secondary N) is 3. The van der Waals surface area contributed by atoms with Crippen LogP contribution in [0.5, 0.6) is 0 Å². The van der Waals surface area contributed by atoms with E-state index in [1.165, 1.54) is 6.07 Å². The van der Waals surface area contributed by atoms with Crippen LogP contribution in [0.4, 0.5) is 20.3 Å². The molecule has 5 rings (SSSR count). The second-order valence-corrected chi connectivity index (χ2v) is 8.54. The molecule has 8 heteroatoms. The van der Waals surface area contributed by atoms with Gasteiger partial charge < -0.3 is 16.0 Å². The summed E-state index contributed by atoms with van der Waals surface area (Å²) in [6.07, 6.45) is 1.58. The predicted octanol–water partition coefficient (Wildman–Crippen LogP) is 5.25. The first kappa shape index (κ1) is 23.2. The molecular formula is C28H22F2N4O2. The summed E-state index contributed by atoms with van der Waals surface area (Å²) in [5.41, 5.74) is 6.17. The third-order valence-electron chi connectivity index (χ3n) is 6.09. The largest absolute Gasteiger partial charge is 0.348 e. The van der Waals surface area contributed by atoms with Crippen LogP contribution in [-0.2, 0) is 13.1 Å². The van der Waals surface area contributed by atoms with E-state index in [1.54, 1.807) is 18.3 Å². The molecule has 0 saturated heterocycles. The monoisotopic (exact) mass is 484 g/mol. The summed E-state index contributed by atoms with van der Waals surface area (Å²) in [5, 5.41) is 8.77. The first-order valence-corrected chi connectivity index (χ1v) is 11.4. The fourth-order valence-corrected chi connectivity index (χ4v) is 4.16. The lowest BCUT2D eigenvalue weighted by atomic mass is 9.96. The highest BCUT2D eigenvalue weighted by Gasteiger charge is 2.19. The zero-order valence-corrected chi connectivity index (χ0v) is 19.4. The summed E-state index contributed by atoms with van der Waals surface area (Å²) in [7, 11) is 0. The van der Waals surface area contributed by atoms with Gasteiger partial charge in [-0.05, 0) is 83.3 Å². The summed E-state index contributed by atoms with van der Waals surface area (Å²) in [6.45, 7) is 2.55. The number of hydrogen-bond donors (Lipinski definition) is 3. The summed E-state index contributed by atoms with van der Waals surface area (Å²) >= 11 is 0. The number of carbonyl (C=O) groups excluding carboxylic acids is 2. The van der Waals surface area contributed by atoms with Crippen molar-refractivity contribution >= 4 is 23.3 Å². The Bertz CT molecular complexity index is 1500. The third-order valence-corrected chi connectivity index (χ3v) is 6.09. The highest BCUT2D eigenvalue weighted by atomic mass is 19.2. The Morgan fingerprint density at radius 3 is 2.69 bits per heavy atom. The van der Waals surface area contributed by atoms with E-state index >= 15 is 0 Å². The molecule has 0 aliphatic carbocycles. The van der Waals surface area contributed by atoms with Crippen molar-refractivity contribution in [3.8, 4) is 11.1 Å². The molecule has 1 aromatic heterocycles. The van der Waals surface area contributed by atoms with E-state index in [9.17, 15) is 18.4 Å². The van der Waals surface area contributed by atoms with Gasteiger partial charge in [0.05, 0.1) is 5.56 Å². The molecular weight excluding hydrogens is 462 g/mol. The van der Waals surface area contributed by atoms with Gasteiger partial charge in [0.1, 0.15) is 5.82 Å². The fraction of sp³-hybridized carbons (Fsp3) is 0.107. The standard InChI is InChI=1S/C28H22F2N4O2/c1-16-4-7-20(13-23(16)18-6-8-21-19(12-18)15-33-27(21)35)34-26-22(3-2-10-31-26)28(36)32-14-17-5-9-24(29)25(30)11-17/h2-13H,14-15H2,1H3,(H,31,34)(H,32,36)(H,33,35). The molecule has 0 radical (unpaired) electrons. The maximum Gasteiger partial charge on any atom is 0.255 e. The maximum atomic E-state index is 13.5. The number of aromatic nitrogens is 1. The van der Waals surface area contributed by atoms with Gasteiger partial charge in [-0.15, -0.1) is 0 Å². The number of amides is 2. The van der Waals surface area contributed by atoms with E-state index in [0.717, 1.165) is 40.1 Å². The van der Waals surface area contributed by atoms with Gasteiger partial charge in [-0.1, -0.05) is 18.2 Å². The Morgan fingerprint density at radius 1 is 1.00 bits per heavy atom. The van der Waals surface area contributed by atoms with E-state index in [-0.39, 0.29) is 12.5 Å². The fourth-order valence-electron chi connectivity index (χ4n) is 4.16.